The zero-order valence-corrected chi connectivity index (χ0v) is 10.3. The first-order valence-electron chi connectivity index (χ1n) is 5.08. The molecule has 80 valence electrons. The summed E-state index contributed by atoms with van der Waals surface area (Å²) in [4.78, 5) is 0. The smallest absolute Gasteiger partial charge is 0.272 e. The van der Waals surface area contributed by atoms with Crippen LogP contribution in [0.4, 0.5) is 5.82 Å². The van der Waals surface area contributed by atoms with Crippen LogP contribution in [0.3, 0.4) is 0 Å². The zero-order valence-electron chi connectivity index (χ0n) is 8.75. The molecule has 0 radical (unpaired) electrons. The van der Waals surface area contributed by atoms with Crippen LogP contribution in [-0.4, -0.2) is 0 Å². The Morgan fingerprint density at radius 1 is 1.21 bits per heavy atom. The first kappa shape index (κ1) is 13.4. The van der Waals surface area contributed by atoms with Gasteiger partial charge in [0.15, 0.2) is 0 Å². The van der Waals surface area contributed by atoms with Crippen molar-refractivity contribution < 1.29 is 21.5 Å². The Bertz CT molecular complexity index is 251. The lowest BCUT2D eigenvalue weighted by atomic mass is 10.2. The summed E-state index contributed by atoms with van der Waals surface area (Å²) < 4.78 is 2.11. The maximum Gasteiger partial charge on any atom is 0.272 e. The number of aromatic nitrogens is 1. The molecule has 0 fully saturated rings. The van der Waals surface area contributed by atoms with Crippen LogP contribution in [0.5, 0.6) is 0 Å². The molecule has 0 saturated carbocycles. The molecule has 1 rings (SSSR count). The Balaban J connectivity index is 0.00000169. The van der Waals surface area contributed by atoms with E-state index in [0.717, 1.165) is 12.4 Å². The molecule has 0 atom stereocenters. The molecule has 0 spiro atoms. The van der Waals surface area contributed by atoms with E-state index in [1.165, 1.54) is 25.7 Å². The second-order valence-corrected chi connectivity index (χ2v) is 3.38. The monoisotopic (exact) mass is 258 g/mol. The van der Waals surface area contributed by atoms with Crippen LogP contribution in [0.15, 0.2) is 24.4 Å². The summed E-state index contributed by atoms with van der Waals surface area (Å²) in [6.45, 7) is 3.27. The summed E-state index contributed by atoms with van der Waals surface area (Å²) in [6, 6.07) is 5.94. The lowest BCUT2D eigenvalue weighted by Crippen LogP contribution is -3.00. The third-order valence-corrected chi connectivity index (χ3v) is 2.23. The van der Waals surface area contributed by atoms with E-state index in [-0.39, 0.29) is 17.0 Å². The number of hydrogen-bond acceptors (Lipinski definition) is 1. The van der Waals surface area contributed by atoms with Crippen molar-refractivity contribution in [3.05, 3.63) is 24.4 Å². The molecule has 0 aliphatic rings. The van der Waals surface area contributed by atoms with Crippen LogP contribution in [0, 0.1) is 0 Å². The van der Waals surface area contributed by atoms with E-state index in [9.17, 15) is 0 Å². The number of nitrogens with two attached hydrogens (primary N) is 1. The second-order valence-electron chi connectivity index (χ2n) is 3.38. The minimum Gasteiger partial charge on any atom is -1.00 e. The number of unbranched alkanes of at least 4 members (excludes halogenated alkanes) is 3. The molecule has 3 heteroatoms. The van der Waals surface area contributed by atoms with Gasteiger partial charge in [0.2, 0.25) is 0 Å². The maximum atomic E-state index is 5.80. The third kappa shape index (κ3) is 4.61. The van der Waals surface area contributed by atoms with Crippen molar-refractivity contribution in [3.63, 3.8) is 0 Å². The normalized spacial score (nSPS) is 9.50. The second kappa shape index (κ2) is 7.80. The van der Waals surface area contributed by atoms with Crippen molar-refractivity contribution >= 4 is 5.82 Å². The molecule has 0 unspecified atom stereocenters. The van der Waals surface area contributed by atoms with E-state index in [4.69, 9.17) is 5.73 Å². The van der Waals surface area contributed by atoms with Gasteiger partial charge in [0, 0.05) is 6.07 Å². The van der Waals surface area contributed by atoms with E-state index >= 15 is 0 Å². The average molecular weight is 259 g/mol. The first-order valence-corrected chi connectivity index (χ1v) is 5.08. The highest BCUT2D eigenvalue weighted by Crippen LogP contribution is 1.99. The number of hydrogen-bond donors (Lipinski definition) is 1. The molecule has 0 bridgehead atoms. The molecule has 1 aromatic rings. The van der Waals surface area contributed by atoms with Crippen molar-refractivity contribution in [1.82, 2.24) is 0 Å². The van der Waals surface area contributed by atoms with Gasteiger partial charge in [-0.3, -0.25) is 5.73 Å². The highest BCUT2D eigenvalue weighted by atomic mass is 79.9. The van der Waals surface area contributed by atoms with Gasteiger partial charge in [-0.1, -0.05) is 25.8 Å². The molecule has 0 amide bonds. The summed E-state index contributed by atoms with van der Waals surface area (Å²) in [7, 11) is 0. The van der Waals surface area contributed by atoms with Crippen molar-refractivity contribution in [1.29, 1.82) is 0 Å². The minimum absolute atomic E-state index is 0. The fourth-order valence-corrected chi connectivity index (χ4v) is 1.40. The molecule has 0 aliphatic heterocycles. The van der Waals surface area contributed by atoms with Crippen LogP contribution in [-0.2, 0) is 6.54 Å². The lowest BCUT2D eigenvalue weighted by molar-refractivity contribution is -0.683. The lowest BCUT2D eigenvalue weighted by Gasteiger charge is -2.01. The van der Waals surface area contributed by atoms with Crippen molar-refractivity contribution in [2.45, 2.75) is 39.2 Å². The van der Waals surface area contributed by atoms with Gasteiger partial charge >= 0.3 is 0 Å². The number of nitrogens with zero attached hydrogens (tertiary/aromatic N) is 1. The van der Waals surface area contributed by atoms with Crippen LogP contribution in [0.25, 0.3) is 0 Å². The van der Waals surface area contributed by atoms with E-state index in [1.54, 1.807) is 0 Å². The van der Waals surface area contributed by atoms with E-state index in [0.29, 0.717) is 0 Å². The predicted octanol–water partition coefficient (Wildman–Crippen LogP) is -0.859. The zero-order chi connectivity index (χ0) is 9.52. The fraction of sp³-hybridized carbons (Fsp3) is 0.545. The number of rotatable bonds is 5. The number of halogens is 1. The largest absolute Gasteiger partial charge is 1.00 e. The summed E-state index contributed by atoms with van der Waals surface area (Å²) in [5.74, 6) is 0.860. The molecule has 0 aromatic carbocycles. The van der Waals surface area contributed by atoms with Crippen LogP contribution in [0.2, 0.25) is 0 Å². The van der Waals surface area contributed by atoms with Gasteiger partial charge in [-0.25, -0.2) is 4.57 Å². The Morgan fingerprint density at radius 2 is 2.00 bits per heavy atom. The fourth-order valence-electron chi connectivity index (χ4n) is 1.40. The standard InChI is InChI=1S/C11H18N2.BrH/c1-2-3-4-6-9-13-10-7-5-8-11(13)12;/h5,7-8,10,12H,2-4,6,9H2,1H3;1H. The summed E-state index contributed by atoms with van der Waals surface area (Å²) in [5, 5.41) is 0. The number of pyridine rings is 1. The SMILES string of the molecule is CCCCCC[n+]1ccccc1N.[Br-]. The highest BCUT2D eigenvalue weighted by molar-refractivity contribution is 5.18. The van der Waals surface area contributed by atoms with E-state index in [2.05, 4.69) is 11.5 Å². The molecule has 1 aromatic heterocycles. The van der Waals surface area contributed by atoms with Gasteiger partial charge in [-0.05, 0) is 18.9 Å². The number of anilines is 1. The van der Waals surface area contributed by atoms with Gasteiger partial charge in [-0.2, -0.15) is 0 Å². The molecule has 0 saturated heterocycles. The molecule has 1 heterocycles. The predicted molar refractivity (Wildman–Crippen MR) is 55.2 cm³/mol. The minimum atomic E-state index is 0. The van der Waals surface area contributed by atoms with Crippen molar-refractivity contribution in [3.8, 4) is 0 Å². The van der Waals surface area contributed by atoms with Gasteiger partial charge < -0.3 is 17.0 Å². The molecular formula is C11H19BrN2. The van der Waals surface area contributed by atoms with Gasteiger partial charge in [0.1, 0.15) is 0 Å². The van der Waals surface area contributed by atoms with E-state index in [1.807, 2.05) is 24.4 Å². The Labute approximate surface area is 96.9 Å². The van der Waals surface area contributed by atoms with Gasteiger partial charge in [0.25, 0.3) is 5.82 Å². The molecule has 2 nitrogen and oxygen atoms in total. The third-order valence-electron chi connectivity index (χ3n) is 2.23. The maximum absolute atomic E-state index is 5.80. The van der Waals surface area contributed by atoms with Crippen molar-refractivity contribution in [2.75, 3.05) is 5.73 Å². The first-order chi connectivity index (χ1) is 6.34. The van der Waals surface area contributed by atoms with Gasteiger partial charge in [0.05, 0.1) is 12.7 Å². The van der Waals surface area contributed by atoms with Crippen LogP contribution < -0.4 is 27.3 Å². The molecule has 0 aliphatic carbocycles. The highest BCUT2D eigenvalue weighted by Gasteiger charge is 2.00. The summed E-state index contributed by atoms with van der Waals surface area (Å²) >= 11 is 0. The number of nitrogen functional groups attached to an aromatic ring is 1. The van der Waals surface area contributed by atoms with Crippen LogP contribution in [0.1, 0.15) is 32.6 Å². The Kier molecular flexibility index (Phi) is 7.48. The topological polar surface area (TPSA) is 29.9 Å². The quantitative estimate of drug-likeness (QED) is 0.541. The van der Waals surface area contributed by atoms with Crippen molar-refractivity contribution in [2.24, 2.45) is 0 Å². The summed E-state index contributed by atoms with van der Waals surface area (Å²) in [6.07, 6.45) is 7.19. The van der Waals surface area contributed by atoms with Gasteiger partial charge in [-0.15, -0.1) is 0 Å². The van der Waals surface area contributed by atoms with Crippen LogP contribution >= 0.6 is 0 Å². The van der Waals surface area contributed by atoms with E-state index < -0.39 is 0 Å². The number of aryl methyl sites for hydroxylation is 1. The molecule has 2 N–H and O–H groups in total. The average Bonchev–Trinajstić information content (AvgIpc) is 2.15. The Hall–Kier alpha value is -0.570. The Morgan fingerprint density at radius 3 is 2.64 bits per heavy atom. The molecular weight excluding hydrogens is 240 g/mol. The summed E-state index contributed by atoms with van der Waals surface area (Å²) in [5.41, 5.74) is 5.80. The molecule has 14 heavy (non-hydrogen) atoms.